The van der Waals surface area contributed by atoms with Crippen molar-refractivity contribution in [3.63, 3.8) is 0 Å². The predicted octanol–water partition coefficient (Wildman–Crippen LogP) is 4.86. The molecular formula is C16H24Cl2N2O. The number of nitrogens with zero attached hydrogens (tertiary/aromatic N) is 1. The summed E-state index contributed by atoms with van der Waals surface area (Å²) in [4.78, 5) is 14.8. The second kappa shape index (κ2) is 7.90. The molecule has 1 aromatic rings. The van der Waals surface area contributed by atoms with Gasteiger partial charge in [-0.2, -0.15) is 0 Å². The minimum atomic E-state index is -0.100. The highest BCUT2D eigenvalue weighted by molar-refractivity contribution is 6.44. The Kier molecular flexibility index (Phi) is 6.82. The lowest BCUT2D eigenvalue weighted by Crippen LogP contribution is -2.42. The number of rotatable bonds is 6. The molecule has 0 saturated heterocycles. The van der Waals surface area contributed by atoms with Crippen molar-refractivity contribution in [3.05, 3.63) is 27.7 Å². The maximum Gasteiger partial charge on any atom is 0.255 e. The summed E-state index contributed by atoms with van der Waals surface area (Å²) in [6.45, 7) is 9.05. The van der Waals surface area contributed by atoms with Crippen LogP contribution < -0.4 is 5.73 Å². The van der Waals surface area contributed by atoms with Gasteiger partial charge in [0, 0.05) is 18.3 Å². The average molecular weight is 331 g/mol. The molecule has 0 bridgehead atoms. The Bertz CT molecular complexity index is 499. The van der Waals surface area contributed by atoms with Crippen LogP contribution >= 0.6 is 23.2 Å². The molecule has 1 aromatic carbocycles. The van der Waals surface area contributed by atoms with Crippen LogP contribution in [0.4, 0.5) is 5.69 Å². The van der Waals surface area contributed by atoms with Gasteiger partial charge in [0.25, 0.3) is 5.91 Å². The van der Waals surface area contributed by atoms with Crippen LogP contribution in [-0.2, 0) is 0 Å². The van der Waals surface area contributed by atoms with Gasteiger partial charge in [-0.3, -0.25) is 4.79 Å². The Morgan fingerprint density at radius 2 is 1.81 bits per heavy atom. The van der Waals surface area contributed by atoms with E-state index in [0.29, 0.717) is 28.7 Å². The van der Waals surface area contributed by atoms with E-state index in [9.17, 15) is 4.79 Å². The normalized spacial score (nSPS) is 11.2. The van der Waals surface area contributed by atoms with Gasteiger partial charge in [-0.05, 0) is 30.9 Å². The first-order chi connectivity index (χ1) is 9.81. The fourth-order valence-electron chi connectivity index (χ4n) is 2.44. The molecule has 3 nitrogen and oxygen atoms in total. The second-order valence-corrected chi connectivity index (χ2v) is 6.47. The lowest BCUT2D eigenvalue weighted by molar-refractivity contribution is 0.0640. The molecular weight excluding hydrogens is 307 g/mol. The highest BCUT2D eigenvalue weighted by Crippen LogP contribution is 2.30. The summed E-state index contributed by atoms with van der Waals surface area (Å²) in [5.41, 5.74) is 6.62. The maximum atomic E-state index is 12.9. The van der Waals surface area contributed by atoms with Gasteiger partial charge in [0.2, 0.25) is 0 Å². The van der Waals surface area contributed by atoms with Gasteiger partial charge in [-0.1, -0.05) is 50.9 Å². The zero-order valence-corrected chi connectivity index (χ0v) is 14.6. The molecule has 0 aliphatic carbocycles. The van der Waals surface area contributed by atoms with Crippen molar-refractivity contribution in [1.29, 1.82) is 0 Å². The van der Waals surface area contributed by atoms with Gasteiger partial charge >= 0.3 is 0 Å². The van der Waals surface area contributed by atoms with Crippen LogP contribution in [0.2, 0.25) is 10.0 Å². The third-order valence-electron chi connectivity index (χ3n) is 3.49. The van der Waals surface area contributed by atoms with E-state index in [-0.39, 0.29) is 17.0 Å². The van der Waals surface area contributed by atoms with E-state index in [2.05, 4.69) is 27.7 Å². The number of hydrogen-bond acceptors (Lipinski definition) is 2. The smallest absolute Gasteiger partial charge is 0.255 e. The highest BCUT2D eigenvalue weighted by Gasteiger charge is 2.25. The first-order valence-electron chi connectivity index (χ1n) is 7.37. The van der Waals surface area contributed by atoms with Crippen LogP contribution in [0, 0.1) is 5.92 Å². The standard InChI is InChI=1S/C16H24Cl2N2O/c1-5-12(6-2)20(9-10(3)4)16(21)13-7-11(19)8-14(17)15(13)18/h7-8,10,12H,5-6,9,19H2,1-4H3. The molecule has 1 rings (SSSR count). The van der Waals surface area contributed by atoms with Crippen molar-refractivity contribution < 1.29 is 4.79 Å². The quantitative estimate of drug-likeness (QED) is 0.757. The second-order valence-electron chi connectivity index (χ2n) is 5.69. The van der Waals surface area contributed by atoms with Gasteiger partial charge < -0.3 is 10.6 Å². The molecule has 0 aliphatic rings. The van der Waals surface area contributed by atoms with Crippen molar-refractivity contribution in [2.75, 3.05) is 12.3 Å². The predicted molar refractivity (Wildman–Crippen MR) is 91.1 cm³/mol. The monoisotopic (exact) mass is 330 g/mol. The molecule has 0 aromatic heterocycles. The Balaban J connectivity index is 3.22. The SMILES string of the molecule is CCC(CC)N(CC(C)C)C(=O)c1cc(N)cc(Cl)c1Cl. The average Bonchev–Trinajstić information content (AvgIpc) is 2.41. The fourth-order valence-corrected chi connectivity index (χ4v) is 2.86. The molecule has 0 spiro atoms. The van der Waals surface area contributed by atoms with Crippen LogP contribution in [0.5, 0.6) is 0 Å². The number of halogens is 2. The maximum absolute atomic E-state index is 12.9. The lowest BCUT2D eigenvalue weighted by Gasteiger charge is -2.32. The third kappa shape index (κ3) is 4.52. The Hall–Kier alpha value is -0.930. The van der Waals surface area contributed by atoms with Crippen LogP contribution in [0.3, 0.4) is 0 Å². The number of nitrogen functional groups attached to an aromatic ring is 1. The first-order valence-corrected chi connectivity index (χ1v) is 8.12. The molecule has 21 heavy (non-hydrogen) atoms. The molecule has 2 N–H and O–H groups in total. The van der Waals surface area contributed by atoms with Crippen molar-refractivity contribution in [2.24, 2.45) is 5.92 Å². The van der Waals surface area contributed by atoms with E-state index in [1.54, 1.807) is 12.1 Å². The summed E-state index contributed by atoms with van der Waals surface area (Å²) in [5.74, 6) is 0.279. The van der Waals surface area contributed by atoms with E-state index in [1.165, 1.54) is 0 Å². The van der Waals surface area contributed by atoms with E-state index >= 15 is 0 Å². The number of carbonyl (C=O) groups excluding carboxylic acids is 1. The number of carbonyl (C=O) groups is 1. The summed E-state index contributed by atoms with van der Waals surface area (Å²) in [6, 6.07) is 3.35. The fraction of sp³-hybridized carbons (Fsp3) is 0.562. The summed E-state index contributed by atoms with van der Waals surface area (Å²) < 4.78 is 0. The molecule has 0 heterocycles. The number of anilines is 1. The Morgan fingerprint density at radius 3 is 2.29 bits per heavy atom. The van der Waals surface area contributed by atoms with Gasteiger partial charge in [0.15, 0.2) is 0 Å². The summed E-state index contributed by atoms with van der Waals surface area (Å²) in [7, 11) is 0. The van der Waals surface area contributed by atoms with Crippen molar-refractivity contribution in [2.45, 2.75) is 46.6 Å². The van der Waals surface area contributed by atoms with E-state index in [0.717, 1.165) is 12.8 Å². The molecule has 118 valence electrons. The van der Waals surface area contributed by atoms with E-state index in [4.69, 9.17) is 28.9 Å². The van der Waals surface area contributed by atoms with Gasteiger partial charge in [-0.15, -0.1) is 0 Å². The highest BCUT2D eigenvalue weighted by atomic mass is 35.5. The largest absolute Gasteiger partial charge is 0.399 e. The molecule has 0 saturated carbocycles. The molecule has 0 aliphatic heterocycles. The molecule has 0 radical (unpaired) electrons. The van der Waals surface area contributed by atoms with Crippen LogP contribution in [0.1, 0.15) is 50.9 Å². The molecule has 1 amide bonds. The van der Waals surface area contributed by atoms with Crippen molar-refractivity contribution in [1.82, 2.24) is 4.90 Å². The zero-order chi connectivity index (χ0) is 16.2. The summed E-state index contributed by atoms with van der Waals surface area (Å²) in [6.07, 6.45) is 1.81. The Labute approximate surface area is 137 Å². The number of amides is 1. The number of benzene rings is 1. The van der Waals surface area contributed by atoms with E-state index in [1.807, 2.05) is 4.90 Å². The van der Waals surface area contributed by atoms with E-state index < -0.39 is 0 Å². The van der Waals surface area contributed by atoms with Crippen LogP contribution in [-0.4, -0.2) is 23.4 Å². The van der Waals surface area contributed by atoms with Crippen molar-refractivity contribution >= 4 is 34.8 Å². The van der Waals surface area contributed by atoms with Crippen LogP contribution in [0.25, 0.3) is 0 Å². The molecule has 0 atom stereocenters. The van der Waals surface area contributed by atoms with Gasteiger partial charge in [0.05, 0.1) is 15.6 Å². The van der Waals surface area contributed by atoms with Crippen LogP contribution in [0.15, 0.2) is 12.1 Å². The molecule has 0 unspecified atom stereocenters. The van der Waals surface area contributed by atoms with Gasteiger partial charge in [0.1, 0.15) is 0 Å². The number of hydrogen-bond donors (Lipinski definition) is 1. The van der Waals surface area contributed by atoms with Gasteiger partial charge in [-0.25, -0.2) is 0 Å². The third-order valence-corrected chi connectivity index (χ3v) is 4.29. The number of nitrogens with two attached hydrogens (primary N) is 1. The minimum Gasteiger partial charge on any atom is -0.399 e. The minimum absolute atomic E-state index is 0.100. The van der Waals surface area contributed by atoms with Crippen molar-refractivity contribution in [3.8, 4) is 0 Å². The zero-order valence-electron chi connectivity index (χ0n) is 13.1. The topological polar surface area (TPSA) is 46.3 Å². The molecule has 0 fully saturated rings. The summed E-state index contributed by atoms with van der Waals surface area (Å²) >= 11 is 12.2. The lowest BCUT2D eigenvalue weighted by atomic mass is 10.0. The first kappa shape index (κ1) is 18.1. The Morgan fingerprint density at radius 1 is 1.24 bits per heavy atom. The molecule has 5 heteroatoms. The summed E-state index contributed by atoms with van der Waals surface area (Å²) in [5, 5.41) is 0.588.